The van der Waals surface area contributed by atoms with Crippen LogP contribution in [0.3, 0.4) is 0 Å². The van der Waals surface area contributed by atoms with E-state index < -0.39 is 0 Å². The van der Waals surface area contributed by atoms with Gasteiger partial charge in [0.25, 0.3) is 0 Å². The molecule has 1 atom stereocenters. The van der Waals surface area contributed by atoms with Crippen molar-refractivity contribution in [3.8, 4) is 0 Å². The molecule has 0 bridgehead atoms. The SMILES string of the molecule is C1=C[C@@H](C2CC2)NC1. The Morgan fingerprint density at radius 3 is 2.75 bits per heavy atom. The van der Waals surface area contributed by atoms with Crippen LogP contribution in [-0.2, 0) is 0 Å². The van der Waals surface area contributed by atoms with E-state index in [0.29, 0.717) is 0 Å². The average molecular weight is 109 g/mol. The maximum atomic E-state index is 3.41. The van der Waals surface area contributed by atoms with Crippen molar-refractivity contribution in [1.82, 2.24) is 5.32 Å². The predicted molar refractivity (Wildman–Crippen MR) is 33.7 cm³/mol. The van der Waals surface area contributed by atoms with Gasteiger partial charge >= 0.3 is 0 Å². The molecule has 1 aliphatic carbocycles. The lowest BCUT2D eigenvalue weighted by Crippen LogP contribution is -2.23. The van der Waals surface area contributed by atoms with Crippen molar-refractivity contribution in [1.29, 1.82) is 0 Å². The molecule has 0 aromatic carbocycles. The van der Waals surface area contributed by atoms with Crippen LogP contribution < -0.4 is 5.32 Å². The highest BCUT2D eigenvalue weighted by Crippen LogP contribution is 2.33. The first kappa shape index (κ1) is 4.57. The summed E-state index contributed by atoms with van der Waals surface area (Å²) >= 11 is 0. The Morgan fingerprint density at radius 2 is 2.25 bits per heavy atom. The molecule has 0 saturated heterocycles. The third-order valence-electron chi connectivity index (χ3n) is 1.94. The summed E-state index contributed by atoms with van der Waals surface area (Å²) in [6.45, 7) is 1.10. The van der Waals surface area contributed by atoms with E-state index in [-0.39, 0.29) is 0 Å². The zero-order valence-corrected chi connectivity index (χ0v) is 4.93. The summed E-state index contributed by atoms with van der Waals surface area (Å²) in [5.74, 6) is 0.994. The Balaban J connectivity index is 1.95. The zero-order chi connectivity index (χ0) is 5.40. The molecule has 0 amide bonds. The lowest BCUT2D eigenvalue weighted by molar-refractivity contribution is 0.600. The molecule has 2 rings (SSSR count). The van der Waals surface area contributed by atoms with E-state index in [1.54, 1.807) is 0 Å². The summed E-state index contributed by atoms with van der Waals surface area (Å²) in [6.07, 6.45) is 7.42. The predicted octanol–water partition coefficient (Wildman–Crippen LogP) is 0.924. The van der Waals surface area contributed by atoms with Gasteiger partial charge in [0, 0.05) is 12.6 Å². The van der Waals surface area contributed by atoms with Gasteiger partial charge in [-0.1, -0.05) is 12.2 Å². The standard InChI is InChI=1S/C7H11N/c1-2-7(8-5-1)6-3-4-6/h1-2,6-8H,3-5H2/t7-/m0/s1. The fourth-order valence-corrected chi connectivity index (χ4v) is 1.27. The topological polar surface area (TPSA) is 12.0 Å². The molecule has 1 saturated carbocycles. The smallest absolute Gasteiger partial charge is 0.0281 e. The largest absolute Gasteiger partial charge is 0.307 e. The minimum Gasteiger partial charge on any atom is -0.307 e. The Labute approximate surface area is 49.8 Å². The van der Waals surface area contributed by atoms with Crippen molar-refractivity contribution in [2.75, 3.05) is 6.54 Å². The molecule has 0 aromatic rings. The van der Waals surface area contributed by atoms with Gasteiger partial charge in [-0.15, -0.1) is 0 Å². The number of hydrogen-bond acceptors (Lipinski definition) is 1. The fraction of sp³-hybridized carbons (Fsp3) is 0.714. The van der Waals surface area contributed by atoms with Crippen molar-refractivity contribution >= 4 is 0 Å². The van der Waals surface area contributed by atoms with E-state index in [0.717, 1.165) is 18.5 Å². The first-order valence-corrected chi connectivity index (χ1v) is 3.37. The maximum Gasteiger partial charge on any atom is 0.0281 e. The molecule has 0 unspecified atom stereocenters. The normalized spacial score (nSPS) is 36.2. The first-order valence-electron chi connectivity index (χ1n) is 3.37. The molecule has 1 N–H and O–H groups in total. The van der Waals surface area contributed by atoms with Gasteiger partial charge in [0.2, 0.25) is 0 Å². The van der Waals surface area contributed by atoms with Crippen LogP contribution in [0.4, 0.5) is 0 Å². The van der Waals surface area contributed by atoms with Crippen LogP contribution in [0.2, 0.25) is 0 Å². The highest BCUT2D eigenvalue weighted by Gasteiger charge is 2.29. The summed E-state index contributed by atoms with van der Waals surface area (Å²) in [7, 11) is 0. The molecule has 1 aliphatic heterocycles. The van der Waals surface area contributed by atoms with Crippen molar-refractivity contribution in [3.05, 3.63) is 12.2 Å². The monoisotopic (exact) mass is 109 g/mol. The van der Waals surface area contributed by atoms with Gasteiger partial charge in [-0.25, -0.2) is 0 Å². The number of hydrogen-bond donors (Lipinski definition) is 1. The van der Waals surface area contributed by atoms with Gasteiger partial charge in [0.15, 0.2) is 0 Å². The molecule has 0 spiro atoms. The van der Waals surface area contributed by atoms with Crippen molar-refractivity contribution in [2.24, 2.45) is 5.92 Å². The second-order valence-electron chi connectivity index (χ2n) is 2.70. The van der Waals surface area contributed by atoms with Gasteiger partial charge in [-0.05, 0) is 18.8 Å². The summed E-state index contributed by atoms with van der Waals surface area (Å²) < 4.78 is 0. The molecule has 1 heteroatoms. The first-order chi connectivity index (χ1) is 3.97. The summed E-state index contributed by atoms with van der Waals surface area (Å²) in [4.78, 5) is 0. The van der Waals surface area contributed by atoms with E-state index >= 15 is 0 Å². The van der Waals surface area contributed by atoms with Crippen LogP contribution in [-0.4, -0.2) is 12.6 Å². The minimum atomic E-state index is 0.745. The van der Waals surface area contributed by atoms with Crippen molar-refractivity contribution < 1.29 is 0 Å². The zero-order valence-electron chi connectivity index (χ0n) is 4.93. The Hall–Kier alpha value is -0.300. The molecular weight excluding hydrogens is 98.1 g/mol. The van der Waals surface area contributed by atoms with E-state index in [9.17, 15) is 0 Å². The molecule has 1 nitrogen and oxygen atoms in total. The molecule has 1 fully saturated rings. The molecule has 0 aromatic heterocycles. The second kappa shape index (κ2) is 1.59. The van der Waals surface area contributed by atoms with Gasteiger partial charge in [0.05, 0.1) is 0 Å². The Morgan fingerprint density at radius 1 is 1.38 bits per heavy atom. The van der Waals surface area contributed by atoms with E-state index in [2.05, 4.69) is 17.5 Å². The maximum absolute atomic E-state index is 3.41. The average Bonchev–Trinajstić information content (AvgIpc) is 2.49. The van der Waals surface area contributed by atoms with Crippen LogP contribution in [0.15, 0.2) is 12.2 Å². The van der Waals surface area contributed by atoms with E-state index in [1.165, 1.54) is 12.8 Å². The Kier molecular flexibility index (Phi) is 0.908. The molecule has 8 heavy (non-hydrogen) atoms. The molecular formula is C7H11N. The van der Waals surface area contributed by atoms with E-state index in [1.807, 2.05) is 0 Å². The van der Waals surface area contributed by atoms with Gasteiger partial charge in [-0.3, -0.25) is 0 Å². The van der Waals surface area contributed by atoms with Crippen LogP contribution in [0.1, 0.15) is 12.8 Å². The Bertz CT molecular complexity index is 114. The number of nitrogens with one attached hydrogen (secondary N) is 1. The van der Waals surface area contributed by atoms with Crippen molar-refractivity contribution in [3.63, 3.8) is 0 Å². The number of rotatable bonds is 1. The van der Waals surface area contributed by atoms with Gasteiger partial charge in [0.1, 0.15) is 0 Å². The highest BCUT2D eigenvalue weighted by molar-refractivity contribution is 5.07. The lowest BCUT2D eigenvalue weighted by Gasteiger charge is -2.03. The minimum absolute atomic E-state index is 0.745. The van der Waals surface area contributed by atoms with Gasteiger partial charge < -0.3 is 5.32 Å². The van der Waals surface area contributed by atoms with E-state index in [4.69, 9.17) is 0 Å². The summed E-state index contributed by atoms with van der Waals surface area (Å²) in [5.41, 5.74) is 0. The third kappa shape index (κ3) is 0.671. The lowest BCUT2D eigenvalue weighted by atomic mass is 10.2. The van der Waals surface area contributed by atoms with Crippen molar-refractivity contribution in [2.45, 2.75) is 18.9 Å². The molecule has 0 radical (unpaired) electrons. The second-order valence-corrected chi connectivity index (χ2v) is 2.70. The molecule has 1 heterocycles. The summed E-state index contributed by atoms with van der Waals surface area (Å²) in [6, 6.07) is 0.745. The molecule has 2 aliphatic rings. The highest BCUT2D eigenvalue weighted by atomic mass is 14.9. The molecule has 44 valence electrons. The van der Waals surface area contributed by atoms with Crippen LogP contribution >= 0.6 is 0 Å². The van der Waals surface area contributed by atoms with Crippen LogP contribution in [0.25, 0.3) is 0 Å². The third-order valence-corrected chi connectivity index (χ3v) is 1.94. The van der Waals surface area contributed by atoms with Crippen LogP contribution in [0.5, 0.6) is 0 Å². The van der Waals surface area contributed by atoms with Crippen LogP contribution in [0, 0.1) is 5.92 Å². The fourth-order valence-electron chi connectivity index (χ4n) is 1.27. The quantitative estimate of drug-likeness (QED) is 0.494. The van der Waals surface area contributed by atoms with Gasteiger partial charge in [-0.2, -0.15) is 0 Å². The summed E-state index contributed by atoms with van der Waals surface area (Å²) in [5, 5.41) is 3.41.